The van der Waals surface area contributed by atoms with Crippen molar-refractivity contribution in [3.63, 3.8) is 0 Å². The van der Waals surface area contributed by atoms with Crippen molar-refractivity contribution in [1.29, 1.82) is 0 Å². The van der Waals surface area contributed by atoms with Crippen LogP contribution in [0, 0.1) is 0 Å². The van der Waals surface area contributed by atoms with E-state index < -0.39 is 10.0 Å². The molecule has 3 aromatic rings. The van der Waals surface area contributed by atoms with E-state index in [0.29, 0.717) is 12.4 Å². The summed E-state index contributed by atoms with van der Waals surface area (Å²) >= 11 is 6.23. The fourth-order valence-corrected chi connectivity index (χ4v) is 3.99. The van der Waals surface area contributed by atoms with E-state index in [0.717, 1.165) is 0 Å². The first-order chi connectivity index (χ1) is 14.3. The Labute approximate surface area is 180 Å². The van der Waals surface area contributed by atoms with Crippen molar-refractivity contribution in [3.05, 3.63) is 89.4 Å². The summed E-state index contributed by atoms with van der Waals surface area (Å²) in [6.45, 7) is 2.11. The van der Waals surface area contributed by atoms with Gasteiger partial charge in [-0.1, -0.05) is 48.0 Å². The molecule has 0 aromatic heterocycles. The molecule has 0 aliphatic rings. The summed E-state index contributed by atoms with van der Waals surface area (Å²) in [6.07, 6.45) is 0. The van der Waals surface area contributed by atoms with E-state index in [1.165, 1.54) is 30.3 Å². The summed E-state index contributed by atoms with van der Waals surface area (Å²) < 4.78 is 32.9. The molecule has 1 unspecified atom stereocenters. The van der Waals surface area contributed by atoms with Crippen LogP contribution in [-0.4, -0.2) is 27.0 Å². The van der Waals surface area contributed by atoms with Crippen LogP contribution in [0.15, 0.2) is 83.8 Å². The van der Waals surface area contributed by atoms with E-state index in [1.54, 1.807) is 18.2 Å². The minimum Gasteiger partial charge on any atom is -0.491 e. The number of halogens is 1. The maximum atomic E-state index is 12.5. The lowest BCUT2D eigenvalue weighted by molar-refractivity contribution is 0.0927. The van der Waals surface area contributed by atoms with Crippen molar-refractivity contribution in [2.24, 2.45) is 0 Å². The summed E-state index contributed by atoms with van der Waals surface area (Å²) in [4.78, 5) is 12.6. The fraction of sp³-hybridized carbons (Fsp3) is 0.136. The van der Waals surface area contributed by atoms with Crippen molar-refractivity contribution in [2.75, 3.05) is 11.3 Å². The van der Waals surface area contributed by atoms with Crippen LogP contribution in [0.5, 0.6) is 5.75 Å². The molecule has 0 radical (unpaired) electrons. The molecular weight excluding hydrogens is 424 g/mol. The van der Waals surface area contributed by atoms with Gasteiger partial charge in [-0.05, 0) is 49.4 Å². The first kappa shape index (κ1) is 21.7. The Kier molecular flexibility index (Phi) is 6.97. The maximum absolute atomic E-state index is 12.5. The van der Waals surface area contributed by atoms with Gasteiger partial charge in [0.1, 0.15) is 12.4 Å². The van der Waals surface area contributed by atoms with E-state index in [9.17, 15) is 13.2 Å². The Morgan fingerprint density at radius 2 is 1.63 bits per heavy atom. The molecule has 0 saturated carbocycles. The summed E-state index contributed by atoms with van der Waals surface area (Å²) in [7, 11) is -3.74. The highest BCUT2D eigenvalue weighted by Crippen LogP contribution is 2.23. The second-order valence-corrected chi connectivity index (χ2v) is 8.70. The lowest BCUT2D eigenvalue weighted by atomic mass is 10.2. The number of nitrogens with one attached hydrogen (secondary N) is 2. The molecule has 0 bridgehead atoms. The Bertz CT molecular complexity index is 1110. The molecule has 8 heteroatoms. The number of carbonyl (C=O) groups excluding carboxylic acids is 1. The zero-order valence-corrected chi connectivity index (χ0v) is 17.8. The molecule has 3 rings (SSSR count). The third kappa shape index (κ3) is 5.75. The highest BCUT2D eigenvalue weighted by atomic mass is 35.5. The number of carbonyl (C=O) groups is 1. The highest BCUT2D eigenvalue weighted by molar-refractivity contribution is 7.92. The van der Waals surface area contributed by atoms with Crippen molar-refractivity contribution in [3.8, 4) is 5.75 Å². The number of rotatable bonds is 8. The second-order valence-electron chi connectivity index (χ2n) is 6.61. The van der Waals surface area contributed by atoms with Crippen molar-refractivity contribution >= 4 is 33.2 Å². The molecule has 2 N–H and O–H groups in total. The number of hydrogen-bond acceptors (Lipinski definition) is 4. The topological polar surface area (TPSA) is 84.5 Å². The normalized spacial score (nSPS) is 12.1. The number of anilines is 1. The van der Waals surface area contributed by atoms with Gasteiger partial charge >= 0.3 is 0 Å². The Morgan fingerprint density at radius 1 is 1.00 bits per heavy atom. The largest absolute Gasteiger partial charge is 0.491 e. The third-order valence-electron chi connectivity index (χ3n) is 4.14. The monoisotopic (exact) mass is 444 g/mol. The van der Waals surface area contributed by atoms with E-state index in [-0.39, 0.29) is 33.1 Å². The number of benzene rings is 3. The van der Waals surface area contributed by atoms with Crippen LogP contribution in [0.3, 0.4) is 0 Å². The quantitative estimate of drug-likeness (QED) is 0.541. The molecule has 30 heavy (non-hydrogen) atoms. The summed E-state index contributed by atoms with van der Waals surface area (Å²) in [6, 6.07) is 21.4. The minimum atomic E-state index is -3.74. The van der Waals surface area contributed by atoms with Crippen molar-refractivity contribution in [2.45, 2.75) is 17.9 Å². The SMILES string of the molecule is CC(COc1ccccc1)NC(=O)c1ccc(NS(=O)(=O)c2ccccc2)cc1Cl. The molecule has 1 amide bonds. The van der Waals surface area contributed by atoms with Crippen LogP contribution in [0.4, 0.5) is 5.69 Å². The average molecular weight is 445 g/mol. The van der Waals surface area contributed by atoms with Gasteiger partial charge in [-0.2, -0.15) is 0 Å². The van der Waals surface area contributed by atoms with E-state index in [1.807, 2.05) is 37.3 Å². The number of para-hydroxylation sites is 1. The smallest absolute Gasteiger partial charge is 0.261 e. The first-order valence-electron chi connectivity index (χ1n) is 9.21. The zero-order chi connectivity index (χ0) is 21.6. The lowest BCUT2D eigenvalue weighted by Crippen LogP contribution is -2.36. The molecule has 0 fully saturated rings. The van der Waals surface area contributed by atoms with Crippen LogP contribution >= 0.6 is 11.6 Å². The van der Waals surface area contributed by atoms with E-state index in [2.05, 4.69) is 10.0 Å². The summed E-state index contributed by atoms with van der Waals surface area (Å²) in [5.41, 5.74) is 0.506. The maximum Gasteiger partial charge on any atom is 0.261 e. The standard InChI is InChI=1S/C22H21ClN2O4S/c1-16(15-29-18-8-4-2-5-9-18)24-22(26)20-13-12-17(14-21(20)23)25-30(27,28)19-10-6-3-7-11-19/h2-14,16,25H,15H2,1H3,(H,24,26). The molecular formula is C22H21ClN2O4S. The van der Waals surface area contributed by atoms with Gasteiger partial charge in [0, 0.05) is 0 Å². The molecule has 0 saturated heterocycles. The Morgan fingerprint density at radius 3 is 2.27 bits per heavy atom. The predicted octanol–water partition coefficient (Wildman–Crippen LogP) is 4.34. The lowest BCUT2D eigenvalue weighted by Gasteiger charge is -2.16. The van der Waals surface area contributed by atoms with Crippen LogP contribution in [0.25, 0.3) is 0 Å². The van der Waals surface area contributed by atoms with Gasteiger partial charge in [0.05, 0.1) is 27.2 Å². The van der Waals surface area contributed by atoms with Crippen molar-refractivity contribution in [1.82, 2.24) is 5.32 Å². The van der Waals surface area contributed by atoms with E-state index in [4.69, 9.17) is 16.3 Å². The molecule has 6 nitrogen and oxygen atoms in total. The molecule has 156 valence electrons. The number of hydrogen-bond donors (Lipinski definition) is 2. The Hall–Kier alpha value is -3.03. The molecule has 0 heterocycles. The molecule has 0 spiro atoms. The number of ether oxygens (including phenoxy) is 1. The average Bonchev–Trinajstić information content (AvgIpc) is 2.73. The zero-order valence-electron chi connectivity index (χ0n) is 16.2. The minimum absolute atomic E-state index is 0.134. The fourth-order valence-electron chi connectivity index (χ4n) is 2.66. The predicted molar refractivity (Wildman–Crippen MR) is 118 cm³/mol. The van der Waals surface area contributed by atoms with E-state index >= 15 is 0 Å². The van der Waals surface area contributed by atoms with Gasteiger partial charge in [0.15, 0.2) is 0 Å². The van der Waals surface area contributed by atoms with Crippen molar-refractivity contribution < 1.29 is 17.9 Å². The Balaban J connectivity index is 1.62. The van der Waals surface area contributed by atoms with Gasteiger partial charge in [0.25, 0.3) is 15.9 Å². The van der Waals surface area contributed by atoms with Gasteiger partial charge < -0.3 is 10.1 Å². The first-order valence-corrected chi connectivity index (χ1v) is 11.1. The molecule has 0 aliphatic carbocycles. The van der Waals surface area contributed by atoms with Crippen LogP contribution < -0.4 is 14.8 Å². The second kappa shape index (κ2) is 9.65. The summed E-state index contributed by atoms with van der Waals surface area (Å²) in [5, 5.41) is 2.95. The molecule has 3 aromatic carbocycles. The summed E-state index contributed by atoms with van der Waals surface area (Å²) in [5.74, 6) is 0.341. The van der Waals surface area contributed by atoms with Gasteiger partial charge in [-0.25, -0.2) is 8.42 Å². The van der Waals surface area contributed by atoms with Crippen LogP contribution in [0.1, 0.15) is 17.3 Å². The third-order valence-corrected chi connectivity index (χ3v) is 5.85. The highest BCUT2D eigenvalue weighted by Gasteiger charge is 2.17. The number of sulfonamides is 1. The van der Waals surface area contributed by atoms with Gasteiger partial charge in [-0.3, -0.25) is 9.52 Å². The molecule has 0 aliphatic heterocycles. The molecule has 1 atom stereocenters. The van der Waals surface area contributed by atoms with Gasteiger partial charge in [-0.15, -0.1) is 0 Å². The van der Waals surface area contributed by atoms with Crippen LogP contribution in [0.2, 0.25) is 5.02 Å². The van der Waals surface area contributed by atoms with Crippen LogP contribution in [-0.2, 0) is 10.0 Å². The number of amides is 1. The van der Waals surface area contributed by atoms with Gasteiger partial charge in [0.2, 0.25) is 0 Å².